The fourth-order valence-corrected chi connectivity index (χ4v) is 1.71. The number of aryl methyl sites for hydroxylation is 1. The van der Waals surface area contributed by atoms with Crippen molar-refractivity contribution in [3.63, 3.8) is 0 Å². The van der Waals surface area contributed by atoms with Crippen LogP contribution in [-0.4, -0.2) is 19.7 Å². The number of unbranched alkanes of at least 4 members (excludes halogenated alkanes) is 1. The summed E-state index contributed by atoms with van der Waals surface area (Å²) >= 11 is 0. The zero-order valence-electron chi connectivity index (χ0n) is 10.5. The van der Waals surface area contributed by atoms with Gasteiger partial charge in [0.05, 0.1) is 6.61 Å². The Morgan fingerprint density at radius 2 is 2.06 bits per heavy atom. The van der Waals surface area contributed by atoms with Crippen LogP contribution in [0.3, 0.4) is 0 Å². The van der Waals surface area contributed by atoms with Crippen molar-refractivity contribution in [3.8, 4) is 5.75 Å². The molecule has 2 heteroatoms. The zero-order valence-corrected chi connectivity index (χ0v) is 10.5. The molecular formula is C14H23NO. The van der Waals surface area contributed by atoms with Gasteiger partial charge in [0.25, 0.3) is 0 Å². The zero-order chi connectivity index (χ0) is 11.6. The molecule has 1 aromatic rings. The van der Waals surface area contributed by atoms with Gasteiger partial charge in [0.2, 0.25) is 0 Å². The fourth-order valence-electron chi connectivity index (χ4n) is 1.71. The highest BCUT2D eigenvalue weighted by molar-refractivity contribution is 5.28. The van der Waals surface area contributed by atoms with E-state index >= 15 is 0 Å². The van der Waals surface area contributed by atoms with Crippen LogP contribution >= 0.6 is 0 Å². The van der Waals surface area contributed by atoms with Crippen molar-refractivity contribution < 1.29 is 4.74 Å². The molecule has 0 saturated carbocycles. The Labute approximate surface area is 99.0 Å². The fraction of sp³-hybridized carbons (Fsp3) is 0.571. The highest BCUT2D eigenvalue weighted by atomic mass is 16.5. The summed E-state index contributed by atoms with van der Waals surface area (Å²) < 4.78 is 5.48. The van der Waals surface area contributed by atoms with Gasteiger partial charge < -0.3 is 10.1 Å². The standard InChI is InChI=1S/C14H23NO/c1-3-15-11-6-5-8-13-9-7-10-14(12-13)16-4-2/h7,9-10,12,15H,3-6,8,11H2,1-2H3. The van der Waals surface area contributed by atoms with Gasteiger partial charge in [-0.1, -0.05) is 19.1 Å². The molecule has 90 valence electrons. The van der Waals surface area contributed by atoms with E-state index in [2.05, 4.69) is 30.4 Å². The van der Waals surface area contributed by atoms with Crippen LogP contribution in [0.1, 0.15) is 32.3 Å². The van der Waals surface area contributed by atoms with Gasteiger partial charge in [-0.2, -0.15) is 0 Å². The number of ether oxygens (including phenoxy) is 1. The minimum atomic E-state index is 0.740. The first-order valence-corrected chi connectivity index (χ1v) is 6.29. The average Bonchev–Trinajstić information content (AvgIpc) is 2.30. The Hall–Kier alpha value is -1.02. The van der Waals surface area contributed by atoms with E-state index in [4.69, 9.17) is 4.74 Å². The van der Waals surface area contributed by atoms with Gasteiger partial charge in [0.1, 0.15) is 5.75 Å². The van der Waals surface area contributed by atoms with Gasteiger partial charge in [-0.25, -0.2) is 0 Å². The van der Waals surface area contributed by atoms with Crippen molar-refractivity contribution in [3.05, 3.63) is 29.8 Å². The first-order chi connectivity index (χ1) is 7.86. The highest BCUT2D eigenvalue weighted by Gasteiger charge is 1.96. The van der Waals surface area contributed by atoms with Crippen molar-refractivity contribution in [2.24, 2.45) is 0 Å². The first-order valence-electron chi connectivity index (χ1n) is 6.29. The molecule has 0 heterocycles. The monoisotopic (exact) mass is 221 g/mol. The van der Waals surface area contributed by atoms with E-state index in [1.54, 1.807) is 0 Å². The maximum absolute atomic E-state index is 5.48. The van der Waals surface area contributed by atoms with Crippen molar-refractivity contribution in [1.29, 1.82) is 0 Å². The first kappa shape index (κ1) is 13.0. The van der Waals surface area contributed by atoms with Crippen LogP contribution < -0.4 is 10.1 Å². The summed E-state index contributed by atoms with van der Waals surface area (Å²) in [6.07, 6.45) is 3.63. The van der Waals surface area contributed by atoms with E-state index in [1.165, 1.54) is 18.4 Å². The Balaban J connectivity index is 2.27. The summed E-state index contributed by atoms with van der Waals surface area (Å²) in [5.41, 5.74) is 1.38. The van der Waals surface area contributed by atoms with E-state index in [1.807, 2.05) is 13.0 Å². The molecule has 0 aliphatic rings. The average molecular weight is 221 g/mol. The maximum Gasteiger partial charge on any atom is 0.119 e. The SMILES string of the molecule is CCNCCCCc1cccc(OCC)c1. The molecule has 0 aromatic heterocycles. The number of benzene rings is 1. The molecule has 0 spiro atoms. The Kier molecular flexibility index (Phi) is 6.66. The lowest BCUT2D eigenvalue weighted by Gasteiger charge is -2.06. The second kappa shape index (κ2) is 8.17. The molecule has 0 saturated heterocycles. The summed E-state index contributed by atoms with van der Waals surface area (Å²) in [4.78, 5) is 0. The van der Waals surface area contributed by atoms with Gasteiger partial charge in [-0.05, 0) is 57.0 Å². The Morgan fingerprint density at radius 1 is 1.19 bits per heavy atom. The molecule has 0 fully saturated rings. The lowest BCUT2D eigenvalue weighted by atomic mass is 10.1. The Morgan fingerprint density at radius 3 is 2.81 bits per heavy atom. The largest absolute Gasteiger partial charge is 0.494 e. The third-order valence-corrected chi connectivity index (χ3v) is 2.53. The third-order valence-electron chi connectivity index (χ3n) is 2.53. The van der Waals surface area contributed by atoms with E-state index in [0.717, 1.165) is 31.9 Å². The summed E-state index contributed by atoms with van der Waals surface area (Å²) in [6, 6.07) is 8.42. The van der Waals surface area contributed by atoms with Gasteiger partial charge >= 0.3 is 0 Å². The molecule has 0 bridgehead atoms. The minimum absolute atomic E-state index is 0.740. The number of hydrogen-bond donors (Lipinski definition) is 1. The van der Waals surface area contributed by atoms with Crippen LogP contribution in [0.25, 0.3) is 0 Å². The molecule has 2 nitrogen and oxygen atoms in total. The molecule has 16 heavy (non-hydrogen) atoms. The maximum atomic E-state index is 5.48. The molecule has 0 radical (unpaired) electrons. The van der Waals surface area contributed by atoms with Gasteiger partial charge in [0, 0.05) is 0 Å². The van der Waals surface area contributed by atoms with Crippen LogP contribution in [0.2, 0.25) is 0 Å². The number of hydrogen-bond acceptors (Lipinski definition) is 2. The second-order valence-electron chi connectivity index (χ2n) is 3.89. The van der Waals surface area contributed by atoms with Gasteiger partial charge in [-0.15, -0.1) is 0 Å². The second-order valence-corrected chi connectivity index (χ2v) is 3.89. The van der Waals surface area contributed by atoms with Crippen LogP contribution in [0, 0.1) is 0 Å². The molecule has 1 aromatic carbocycles. The van der Waals surface area contributed by atoms with Crippen LogP contribution in [-0.2, 0) is 6.42 Å². The molecular weight excluding hydrogens is 198 g/mol. The molecule has 0 amide bonds. The van der Waals surface area contributed by atoms with Gasteiger partial charge in [0.15, 0.2) is 0 Å². The van der Waals surface area contributed by atoms with E-state index < -0.39 is 0 Å². The summed E-state index contributed by atoms with van der Waals surface area (Å²) in [7, 11) is 0. The summed E-state index contributed by atoms with van der Waals surface area (Å²) in [5.74, 6) is 0.992. The Bertz CT molecular complexity index is 286. The van der Waals surface area contributed by atoms with Crippen molar-refractivity contribution in [2.75, 3.05) is 19.7 Å². The predicted molar refractivity (Wildman–Crippen MR) is 69.1 cm³/mol. The van der Waals surface area contributed by atoms with Crippen molar-refractivity contribution in [2.45, 2.75) is 33.1 Å². The van der Waals surface area contributed by atoms with E-state index in [-0.39, 0.29) is 0 Å². The highest BCUT2D eigenvalue weighted by Crippen LogP contribution is 2.14. The quantitative estimate of drug-likeness (QED) is 0.681. The number of nitrogens with one attached hydrogen (secondary N) is 1. The smallest absolute Gasteiger partial charge is 0.119 e. The summed E-state index contributed by atoms with van der Waals surface area (Å²) in [6.45, 7) is 7.10. The lowest BCUT2D eigenvalue weighted by molar-refractivity contribution is 0.340. The normalized spacial score (nSPS) is 10.4. The van der Waals surface area contributed by atoms with Gasteiger partial charge in [-0.3, -0.25) is 0 Å². The van der Waals surface area contributed by atoms with Crippen LogP contribution in [0.4, 0.5) is 0 Å². The molecule has 0 aliphatic heterocycles. The molecule has 1 N–H and O–H groups in total. The molecule has 0 unspecified atom stereocenters. The molecule has 0 atom stereocenters. The molecule has 0 aliphatic carbocycles. The third kappa shape index (κ3) is 5.17. The minimum Gasteiger partial charge on any atom is -0.494 e. The van der Waals surface area contributed by atoms with Crippen molar-refractivity contribution >= 4 is 0 Å². The number of rotatable bonds is 8. The van der Waals surface area contributed by atoms with Crippen LogP contribution in [0.15, 0.2) is 24.3 Å². The van der Waals surface area contributed by atoms with E-state index in [0.29, 0.717) is 0 Å². The summed E-state index contributed by atoms with van der Waals surface area (Å²) in [5, 5.41) is 3.34. The molecule has 1 rings (SSSR count). The lowest BCUT2D eigenvalue weighted by Crippen LogP contribution is -2.13. The van der Waals surface area contributed by atoms with Crippen LogP contribution in [0.5, 0.6) is 5.75 Å². The van der Waals surface area contributed by atoms with E-state index in [9.17, 15) is 0 Å². The topological polar surface area (TPSA) is 21.3 Å². The van der Waals surface area contributed by atoms with Crippen molar-refractivity contribution in [1.82, 2.24) is 5.32 Å². The predicted octanol–water partition coefficient (Wildman–Crippen LogP) is 3.02.